The zero-order valence-electron chi connectivity index (χ0n) is 16.5. The topological polar surface area (TPSA) is 12.4 Å². The first kappa shape index (κ1) is 21.6. The van der Waals surface area contributed by atoms with Crippen LogP contribution in [0.2, 0.25) is 0 Å². The maximum atomic E-state index is 5.43. The van der Waals surface area contributed by atoms with Crippen LogP contribution in [-0.2, 0) is 23.3 Å². The molecule has 3 heteroatoms. The van der Waals surface area contributed by atoms with E-state index in [0.29, 0.717) is 27.2 Å². The van der Waals surface area contributed by atoms with E-state index in [9.17, 15) is 0 Å². The molecular weight excluding hydrogens is 501 g/mol. The molecule has 0 aromatic heterocycles. The maximum absolute atomic E-state index is 5.43. The second-order valence-electron chi connectivity index (χ2n) is 8.11. The molecule has 1 aromatic carbocycles. The normalized spacial score (nSPS) is 24.3. The van der Waals surface area contributed by atoms with Crippen LogP contribution in [0, 0.1) is 11.8 Å². The quantitative estimate of drug-likeness (QED) is 0.289. The van der Waals surface area contributed by atoms with Crippen molar-refractivity contribution in [2.75, 3.05) is 4.43 Å². The predicted octanol–water partition coefficient (Wildman–Crippen LogP) is 2.72. The third-order valence-electron chi connectivity index (χ3n) is 5.23. The van der Waals surface area contributed by atoms with Crippen LogP contribution in [0.4, 0.5) is 0 Å². The molecule has 1 aromatic rings. The summed E-state index contributed by atoms with van der Waals surface area (Å²) in [7, 11) is 0. The summed E-state index contributed by atoms with van der Waals surface area (Å²) in [5.74, 6) is 1.63. The third kappa shape index (κ3) is 6.45. The molecule has 2 rings (SSSR count). The molecule has 1 nitrogen and oxygen atoms in total. The Kier molecular flexibility index (Phi) is 9.16. The summed E-state index contributed by atoms with van der Waals surface area (Å²) in [5.41, 5.74) is 1.58. The van der Waals surface area contributed by atoms with Crippen LogP contribution in [0.5, 0.6) is 0 Å². The van der Waals surface area contributed by atoms with Crippen molar-refractivity contribution in [3.63, 3.8) is 0 Å². The van der Waals surface area contributed by atoms with Gasteiger partial charge in [0.05, 0.1) is 0 Å². The number of halogens is 1. The van der Waals surface area contributed by atoms with Crippen LogP contribution in [0.3, 0.4) is 0 Å². The Hall–Kier alpha value is 0.308. The van der Waals surface area contributed by atoms with Crippen LogP contribution in [0.1, 0.15) is 65.9 Å². The van der Waals surface area contributed by atoms with Gasteiger partial charge in [-0.15, -0.1) is 0 Å². The van der Waals surface area contributed by atoms with E-state index >= 15 is 0 Å². The summed E-state index contributed by atoms with van der Waals surface area (Å²) in [6, 6.07) is 11.6. The zero-order chi connectivity index (χ0) is 18.3. The standard InChI is InChI=1S/C12H23IN.C10H12.Mo/c1-4-8-13-11-7-5-6-10(9(2)3)12(11)14;1-10(2,3)9-7-5-4-6-8-9;/h9-12H,4-8H2,1-3H3;1,4-8H,2-3H3;/q-1;;. The Bertz CT molecular complexity index is 575. The molecule has 0 radical (unpaired) electrons. The van der Waals surface area contributed by atoms with Gasteiger partial charge in [-0.2, -0.15) is 0 Å². The molecule has 1 fully saturated rings. The SMILES string of the molecule is CCC[I-]C1CCCC(C(C)C)C1[N]=[Mo]=[CH]C(C)(C)c1ccccc1. The van der Waals surface area contributed by atoms with Gasteiger partial charge < -0.3 is 0 Å². The molecule has 1 saturated carbocycles. The summed E-state index contributed by atoms with van der Waals surface area (Å²) in [4.78, 5) is 0. The van der Waals surface area contributed by atoms with Crippen LogP contribution in [0.25, 0.3) is 0 Å². The molecule has 0 bridgehead atoms. The minimum absolute atomic E-state index is 0.156. The number of hydrogen-bond acceptors (Lipinski definition) is 1. The molecule has 0 saturated heterocycles. The second kappa shape index (κ2) is 10.6. The molecule has 0 N–H and O–H groups in total. The van der Waals surface area contributed by atoms with Gasteiger partial charge in [-0.3, -0.25) is 0 Å². The number of benzene rings is 1. The van der Waals surface area contributed by atoms with Gasteiger partial charge in [-0.25, -0.2) is 0 Å². The van der Waals surface area contributed by atoms with E-state index in [1.54, 1.807) is 0 Å². The summed E-state index contributed by atoms with van der Waals surface area (Å²) < 4.78 is 10.4. The first-order valence-electron chi connectivity index (χ1n) is 9.79. The number of rotatable bonds is 7. The van der Waals surface area contributed by atoms with Crippen molar-refractivity contribution < 1.29 is 39.1 Å². The third-order valence-corrected chi connectivity index (χ3v) is 12.0. The molecule has 3 unspecified atom stereocenters. The second-order valence-corrected chi connectivity index (χ2v) is 13.3. The molecule has 142 valence electrons. The number of alkyl halides is 2. The van der Waals surface area contributed by atoms with Gasteiger partial charge in [0.2, 0.25) is 0 Å². The van der Waals surface area contributed by atoms with E-state index in [2.05, 4.69) is 69.4 Å². The molecule has 1 aliphatic rings. The number of nitrogens with zero attached hydrogens (tertiary/aromatic N) is 1. The van der Waals surface area contributed by atoms with E-state index < -0.39 is 17.9 Å². The van der Waals surface area contributed by atoms with Crippen molar-refractivity contribution in [1.82, 2.24) is 0 Å². The monoisotopic (exact) mass is 538 g/mol. The number of hydrogen-bond donors (Lipinski definition) is 0. The van der Waals surface area contributed by atoms with Gasteiger partial charge in [0.25, 0.3) is 0 Å². The van der Waals surface area contributed by atoms with Gasteiger partial charge in [-0.05, 0) is 0 Å². The van der Waals surface area contributed by atoms with Crippen molar-refractivity contribution in [2.45, 2.75) is 75.7 Å². The van der Waals surface area contributed by atoms with Crippen LogP contribution in [0.15, 0.2) is 33.8 Å². The van der Waals surface area contributed by atoms with Gasteiger partial charge in [0, 0.05) is 0 Å². The van der Waals surface area contributed by atoms with Gasteiger partial charge >= 0.3 is 175 Å². The van der Waals surface area contributed by atoms with Gasteiger partial charge in [0.1, 0.15) is 0 Å². The Morgan fingerprint density at radius 1 is 1.24 bits per heavy atom. The summed E-state index contributed by atoms with van der Waals surface area (Å²) in [6.07, 6.45) is 5.68. The molecule has 1 aliphatic carbocycles. The van der Waals surface area contributed by atoms with Crippen molar-refractivity contribution in [1.29, 1.82) is 0 Å². The average molecular weight is 536 g/mol. The molecule has 0 spiro atoms. The first-order valence-corrected chi connectivity index (χ1v) is 14.6. The van der Waals surface area contributed by atoms with Gasteiger partial charge in [0.15, 0.2) is 0 Å². The first-order chi connectivity index (χ1) is 12.0. The Labute approximate surface area is 173 Å². The van der Waals surface area contributed by atoms with Crippen LogP contribution in [-0.4, -0.2) is 18.8 Å². The van der Waals surface area contributed by atoms with Crippen molar-refractivity contribution in [3.8, 4) is 0 Å². The predicted molar refractivity (Wildman–Crippen MR) is 103 cm³/mol. The molecule has 0 amide bonds. The summed E-state index contributed by atoms with van der Waals surface area (Å²) in [6.45, 7) is 11.9. The van der Waals surface area contributed by atoms with E-state index in [-0.39, 0.29) is 5.41 Å². The fourth-order valence-corrected chi connectivity index (χ4v) is 9.94. The Morgan fingerprint density at radius 2 is 1.96 bits per heavy atom. The zero-order valence-corrected chi connectivity index (χ0v) is 20.7. The van der Waals surface area contributed by atoms with E-state index in [0.717, 1.165) is 15.8 Å². The summed E-state index contributed by atoms with van der Waals surface area (Å²) >= 11 is -0.0612. The fourth-order valence-electron chi connectivity index (χ4n) is 3.62. The minimum atomic E-state index is -0.394. The van der Waals surface area contributed by atoms with E-state index in [1.165, 1.54) is 35.7 Å². The van der Waals surface area contributed by atoms with E-state index in [4.69, 9.17) is 3.50 Å². The molecule has 25 heavy (non-hydrogen) atoms. The molecule has 0 aliphatic heterocycles. The fraction of sp³-hybridized carbons (Fsp3) is 0.682. The van der Waals surface area contributed by atoms with Crippen LogP contribution >= 0.6 is 0 Å². The Balaban J connectivity index is 2.20. The Morgan fingerprint density at radius 3 is 2.60 bits per heavy atom. The van der Waals surface area contributed by atoms with Gasteiger partial charge in [-0.1, -0.05) is 0 Å². The van der Waals surface area contributed by atoms with Crippen molar-refractivity contribution in [3.05, 3.63) is 35.9 Å². The molecule has 0 heterocycles. The molecule has 3 atom stereocenters. The molecular formula is C22H35IMoN-. The average Bonchev–Trinajstić information content (AvgIpc) is 2.61. The van der Waals surface area contributed by atoms with Crippen LogP contribution < -0.4 is 21.2 Å². The van der Waals surface area contributed by atoms with E-state index in [1.807, 2.05) is 0 Å². The van der Waals surface area contributed by atoms with Crippen molar-refractivity contribution >= 4 is 4.40 Å². The summed E-state index contributed by atoms with van der Waals surface area (Å²) in [5, 5.41) is 0. The van der Waals surface area contributed by atoms with Crippen molar-refractivity contribution in [2.24, 2.45) is 15.3 Å².